The average molecular weight is 327 g/mol. The van der Waals surface area contributed by atoms with Gasteiger partial charge < -0.3 is 9.67 Å². The van der Waals surface area contributed by atoms with Gasteiger partial charge in [-0.25, -0.2) is 0 Å². The molecule has 0 amide bonds. The van der Waals surface area contributed by atoms with Crippen molar-refractivity contribution in [2.75, 3.05) is 0 Å². The number of nitrogens with zero attached hydrogens (tertiary/aromatic N) is 2. The smallest absolute Gasteiger partial charge is 0.263 e. The molecule has 0 aliphatic rings. The maximum absolute atomic E-state index is 12.6. The summed E-state index contributed by atoms with van der Waals surface area (Å²) in [5, 5.41) is 11.8. The fourth-order valence-electron chi connectivity index (χ4n) is 2.57. The van der Waals surface area contributed by atoms with Gasteiger partial charge in [-0.2, -0.15) is 0 Å². The molecule has 0 spiro atoms. The van der Waals surface area contributed by atoms with Crippen molar-refractivity contribution in [3.63, 3.8) is 0 Å². The Labute approximate surface area is 138 Å². The van der Waals surface area contributed by atoms with Crippen molar-refractivity contribution >= 4 is 33.9 Å². The number of para-hydroxylation sites is 1. The summed E-state index contributed by atoms with van der Waals surface area (Å²) in [6.45, 7) is 1.71. The SMILES string of the molecule is CC(=Nc1ccc(Cl)cc1)c1c(O)c2ccccc2n(C)c1=O. The summed E-state index contributed by atoms with van der Waals surface area (Å²) in [7, 11) is 1.68. The van der Waals surface area contributed by atoms with Crippen LogP contribution in [0.3, 0.4) is 0 Å². The third-order valence-electron chi connectivity index (χ3n) is 3.76. The van der Waals surface area contributed by atoms with E-state index in [1.165, 1.54) is 4.57 Å². The van der Waals surface area contributed by atoms with Crippen LogP contribution >= 0.6 is 11.6 Å². The van der Waals surface area contributed by atoms with Gasteiger partial charge in [0.25, 0.3) is 5.56 Å². The second kappa shape index (κ2) is 5.89. The molecule has 23 heavy (non-hydrogen) atoms. The van der Waals surface area contributed by atoms with Crippen LogP contribution in [-0.2, 0) is 7.05 Å². The molecule has 0 aliphatic carbocycles. The molecule has 0 saturated heterocycles. The van der Waals surface area contributed by atoms with E-state index in [1.807, 2.05) is 12.1 Å². The molecule has 1 aromatic heterocycles. The number of fused-ring (bicyclic) bond motifs is 1. The first-order valence-corrected chi connectivity index (χ1v) is 7.49. The van der Waals surface area contributed by atoms with Gasteiger partial charge in [-0.05, 0) is 43.3 Å². The van der Waals surface area contributed by atoms with Crippen LogP contribution in [0, 0.1) is 0 Å². The number of aliphatic imine (C=N–C) groups is 1. The standard InChI is InChI=1S/C18H15ClN2O2/c1-11(20-13-9-7-12(19)8-10-13)16-17(22)14-5-3-4-6-15(14)21(2)18(16)23/h3-10,22H,1-2H3. The number of hydrogen-bond acceptors (Lipinski definition) is 3. The molecule has 1 heterocycles. The third kappa shape index (κ3) is 2.73. The number of benzene rings is 2. The van der Waals surface area contributed by atoms with Gasteiger partial charge in [0.15, 0.2) is 0 Å². The molecule has 4 nitrogen and oxygen atoms in total. The molecule has 5 heteroatoms. The molecule has 0 aliphatic heterocycles. The summed E-state index contributed by atoms with van der Waals surface area (Å²) >= 11 is 5.86. The Hall–Kier alpha value is -2.59. The first-order chi connectivity index (χ1) is 11.0. The lowest BCUT2D eigenvalue weighted by atomic mass is 10.1. The van der Waals surface area contributed by atoms with Crippen LogP contribution in [0.2, 0.25) is 5.02 Å². The van der Waals surface area contributed by atoms with Gasteiger partial charge in [0.05, 0.1) is 16.9 Å². The van der Waals surface area contributed by atoms with E-state index in [4.69, 9.17) is 11.6 Å². The predicted molar refractivity (Wildman–Crippen MR) is 94.2 cm³/mol. The van der Waals surface area contributed by atoms with Crippen LogP contribution in [0.15, 0.2) is 58.3 Å². The second-order valence-electron chi connectivity index (χ2n) is 5.28. The highest BCUT2D eigenvalue weighted by Crippen LogP contribution is 2.27. The molecule has 0 atom stereocenters. The van der Waals surface area contributed by atoms with Gasteiger partial charge in [0.2, 0.25) is 0 Å². The van der Waals surface area contributed by atoms with Gasteiger partial charge in [-0.1, -0.05) is 23.7 Å². The minimum atomic E-state index is -0.281. The molecule has 0 unspecified atom stereocenters. The van der Waals surface area contributed by atoms with E-state index in [2.05, 4.69) is 4.99 Å². The lowest BCUT2D eigenvalue weighted by Crippen LogP contribution is -2.24. The Balaban J connectivity index is 2.23. The van der Waals surface area contributed by atoms with Crippen LogP contribution in [0.4, 0.5) is 5.69 Å². The van der Waals surface area contributed by atoms with E-state index < -0.39 is 0 Å². The summed E-state index contributed by atoms with van der Waals surface area (Å²) in [5.41, 5.74) is 1.73. The van der Waals surface area contributed by atoms with Crippen molar-refractivity contribution < 1.29 is 5.11 Å². The highest BCUT2D eigenvalue weighted by molar-refractivity contribution is 6.30. The maximum atomic E-state index is 12.6. The first kappa shape index (κ1) is 15.3. The number of rotatable bonds is 2. The van der Waals surface area contributed by atoms with Gasteiger partial charge >= 0.3 is 0 Å². The Morgan fingerprint density at radius 1 is 1.13 bits per heavy atom. The normalized spacial score (nSPS) is 11.9. The van der Waals surface area contributed by atoms with Gasteiger partial charge in [-0.3, -0.25) is 9.79 Å². The van der Waals surface area contributed by atoms with Gasteiger partial charge in [0.1, 0.15) is 11.3 Å². The lowest BCUT2D eigenvalue weighted by molar-refractivity contribution is 0.478. The fourth-order valence-corrected chi connectivity index (χ4v) is 2.70. The van der Waals surface area contributed by atoms with Crippen molar-refractivity contribution in [2.24, 2.45) is 12.0 Å². The molecule has 0 fully saturated rings. The number of aryl methyl sites for hydroxylation is 1. The number of aromatic hydroxyl groups is 1. The van der Waals surface area contributed by atoms with Crippen molar-refractivity contribution in [3.05, 3.63) is 69.5 Å². The number of hydrogen-bond donors (Lipinski definition) is 1. The molecular weight excluding hydrogens is 312 g/mol. The Kier molecular flexibility index (Phi) is 3.92. The predicted octanol–water partition coefficient (Wildman–Crippen LogP) is 4.04. The highest BCUT2D eigenvalue weighted by Gasteiger charge is 2.16. The zero-order valence-corrected chi connectivity index (χ0v) is 13.5. The highest BCUT2D eigenvalue weighted by atomic mass is 35.5. The van der Waals surface area contributed by atoms with Crippen molar-refractivity contribution in [1.82, 2.24) is 4.57 Å². The molecular formula is C18H15ClN2O2. The fraction of sp³-hybridized carbons (Fsp3) is 0.111. The van der Waals surface area contributed by atoms with Gasteiger partial charge in [0, 0.05) is 17.5 Å². The van der Waals surface area contributed by atoms with E-state index in [-0.39, 0.29) is 16.9 Å². The summed E-state index contributed by atoms with van der Waals surface area (Å²) in [5.74, 6) is -0.0427. The van der Waals surface area contributed by atoms with E-state index in [9.17, 15) is 9.90 Å². The van der Waals surface area contributed by atoms with Crippen LogP contribution < -0.4 is 5.56 Å². The summed E-state index contributed by atoms with van der Waals surface area (Å²) in [6.07, 6.45) is 0. The largest absolute Gasteiger partial charge is 0.506 e. The zero-order valence-electron chi connectivity index (χ0n) is 12.7. The minimum absolute atomic E-state index is 0.0427. The molecule has 116 valence electrons. The van der Waals surface area contributed by atoms with Crippen molar-refractivity contribution in [3.8, 4) is 5.75 Å². The Morgan fingerprint density at radius 2 is 1.78 bits per heavy atom. The quantitative estimate of drug-likeness (QED) is 0.723. The van der Waals surface area contributed by atoms with E-state index in [0.717, 1.165) is 0 Å². The second-order valence-corrected chi connectivity index (χ2v) is 5.71. The van der Waals surface area contributed by atoms with E-state index in [1.54, 1.807) is 50.4 Å². The number of aromatic nitrogens is 1. The summed E-state index contributed by atoms with van der Waals surface area (Å²) in [6, 6.07) is 14.2. The number of pyridine rings is 1. The molecule has 2 aromatic carbocycles. The monoisotopic (exact) mass is 326 g/mol. The molecule has 0 saturated carbocycles. The Bertz CT molecular complexity index is 973. The summed E-state index contributed by atoms with van der Waals surface area (Å²) < 4.78 is 1.52. The molecule has 1 N–H and O–H groups in total. The lowest BCUT2D eigenvalue weighted by Gasteiger charge is -2.11. The van der Waals surface area contributed by atoms with Crippen molar-refractivity contribution in [2.45, 2.75) is 6.92 Å². The van der Waals surface area contributed by atoms with Gasteiger partial charge in [-0.15, -0.1) is 0 Å². The zero-order chi connectivity index (χ0) is 16.6. The molecule has 3 aromatic rings. The van der Waals surface area contributed by atoms with E-state index >= 15 is 0 Å². The number of halogens is 1. The van der Waals surface area contributed by atoms with Crippen LogP contribution in [0.25, 0.3) is 10.9 Å². The van der Waals surface area contributed by atoms with Crippen LogP contribution in [-0.4, -0.2) is 15.4 Å². The van der Waals surface area contributed by atoms with Crippen LogP contribution in [0.1, 0.15) is 12.5 Å². The average Bonchev–Trinajstić information content (AvgIpc) is 2.55. The molecule has 3 rings (SSSR count). The van der Waals surface area contributed by atoms with E-state index in [0.29, 0.717) is 27.3 Å². The first-order valence-electron chi connectivity index (χ1n) is 7.11. The maximum Gasteiger partial charge on any atom is 0.263 e. The third-order valence-corrected chi connectivity index (χ3v) is 4.01. The molecule has 0 radical (unpaired) electrons. The van der Waals surface area contributed by atoms with Crippen LogP contribution in [0.5, 0.6) is 5.75 Å². The topological polar surface area (TPSA) is 54.6 Å². The molecule has 0 bridgehead atoms. The minimum Gasteiger partial charge on any atom is -0.506 e. The Morgan fingerprint density at radius 3 is 2.48 bits per heavy atom. The summed E-state index contributed by atoms with van der Waals surface area (Å²) in [4.78, 5) is 17.0. The van der Waals surface area contributed by atoms with Crippen molar-refractivity contribution in [1.29, 1.82) is 0 Å².